The lowest BCUT2D eigenvalue weighted by atomic mass is 9.90. The molecule has 0 N–H and O–H groups in total. The molecular weight excluding hydrogens is 407 g/mol. The highest BCUT2D eigenvalue weighted by Crippen LogP contribution is 2.31. The van der Waals surface area contributed by atoms with Crippen LogP contribution in [0.4, 0.5) is 13.2 Å². The molecule has 1 aromatic heterocycles. The molecule has 1 unspecified atom stereocenters. The maximum Gasteiger partial charge on any atom is 0.416 e. The van der Waals surface area contributed by atoms with Crippen molar-refractivity contribution in [1.29, 1.82) is 0 Å². The molecule has 158 valence electrons. The van der Waals surface area contributed by atoms with Crippen molar-refractivity contribution in [2.45, 2.75) is 37.8 Å². The van der Waals surface area contributed by atoms with E-state index in [9.17, 15) is 26.4 Å². The Balaban J connectivity index is 1.82. The van der Waals surface area contributed by atoms with Gasteiger partial charge in [-0.2, -0.15) is 22.6 Å². The number of sulfonamides is 1. The van der Waals surface area contributed by atoms with Gasteiger partial charge in [0.05, 0.1) is 17.0 Å². The fourth-order valence-corrected chi connectivity index (χ4v) is 5.61. The van der Waals surface area contributed by atoms with E-state index in [1.165, 1.54) is 8.99 Å². The number of Topliss-reactive ketones (excluding diaryl/α,β-unsaturated/α-hetero) is 1. The van der Waals surface area contributed by atoms with E-state index >= 15 is 0 Å². The molecule has 6 nitrogen and oxygen atoms in total. The van der Waals surface area contributed by atoms with Crippen LogP contribution in [0.1, 0.15) is 40.2 Å². The third kappa shape index (κ3) is 4.09. The fourth-order valence-electron chi connectivity index (χ4n) is 3.69. The van der Waals surface area contributed by atoms with Crippen LogP contribution in [0, 0.1) is 19.8 Å². The Kier molecular flexibility index (Phi) is 5.61. The van der Waals surface area contributed by atoms with Gasteiger partial charge in [-0.05, 0) is 38.8 Å². The lowest BCUT2D eigenvalue weighted by Crippen LogP contribution is -2.42. The summed E-state index contributed by atoms with van der Waals surface area (Å²) in [7, 11) is -2.17. The van der Waals surface area contributed by atoms with Gasteiger partial charge >= 0.3 is 6.18 Å². The molecule has 1 saturated heterocycles. The van der Waals surface area contributed by atoms with Crippen LogP contribution in [-0.4, -0.2) is 41.4 Å². The van der Waals surface area contributed by atoms with Crippen molar-refractivity contribution >= 4 is 15.8 Å². The summed E-state index contributed by atoms with van der Waals surface area (Å²) in [4.78, 5) is 12.9. The molecule has 0 spiro atoms. The molecule has 1 aliphatic heterocycles. The number of alkyl halides is 3. The standard InChI is InChI=1S/C19H22F3N3O3S/c1-12-18(13(2)24(3)23-12)29(27,28)25-10-4-5-15(11-25)17(26)14-6-8-16(9-7-14)19(20,21)22/h6-9,15H,4-5,10-11H2,1-3H3. The smallest absolute Gasteiger partial charge is 0.294 e. The molecule has 10 heteroatoms. The summed E-state index contributed by atoms with van der Waals surface area (Å²) in [5.74, 6) is -0.953. The number of benzene rings is 1. The third-order valence-corrected chi connectivity index (χ3v) is 7.41. The second-order valence-corrected chi connectivity index (χ2v) is 9.14. The van der Waals surface area contributed by atoms with Gasteiger partial charge in [0.2, 0.25) is 10.0 Å². The van der Waals surface area contributed by atoms with Crippen molar-refractivity contribution in [3.63, 3.8) is 0 Å². The summed E-state index contributed by atoms with van der Waals surface area (Å²) in [6.07, 6.45) is -3.50. The van der Waals surface area contributed by atoms with E-state index in [1.54, 1.807) is 20.9 Å². The SMILES string of the molecule is Cc1nn(C)c(C)c1S(=O)(=O)N1CCCC(C(=O)c2ccc(C(F)(F)F)cc2)C1. The second-order valence-electron chi connectivity index (χ2n) is 7.27. The zero-order valence-electron chi connectivity index (χ0n) is 16.3. The lowest BCUT2D eigenvalue weighted by molar-refractivity contribution is -0.137. The first-order chi connectivity index (χ1) is 13.4. The number of nitrogens with zero attached hydrogens (tertiary/aromatic N) is 3. The Morgan fingerprint density at radius 3 is 2.31 bits per heavy atom. The summed E-state index contributed by atoms with van der Waals surface area (Å²) < 4.78 is 67.2. The first-order valence-corrected chi connectivity index (χ1v) is 10.6. The minimum atomic E-state index is -4.48. The van der Waals surface area contributed by atoms with Crippen LogP contribution in [0.2, 0.25) is 0 Å². The van der Waals surface area contributed by atoms with Crippen molar-refractivity contribution in [3.05, 3.63) is 46.8 Å². The maximum absolute atomic E-state index is 13.1. The van der Waals surface area contributed by atoms with Gasteiger partial charge in [-0.25, -0.2) is 8.42 Å². The number of carbonyl (C=O) groups is 1. The number of ketones is 1. The largest absolute Gasteiger partial charge is 0.416 e. The second kappa shape index (κ2) is 7.56. The average Bonchev–Trinajstić information content (AvgIpc) is 2.93. The molecule has 1 fully saturated rings. The molecule has 1 aromatic carbocycles. The van der Waals surface area contributed by atoms with Gasteiger partial charge in [0, 0.05) is 31.6 Å². The Hall–Kier alpha value is -2.20. The predicted octanol–water partition coefficient (Wildman–Crippen LogP) is 3.34. The Morgan fingerprint density at radius 1 is 1.17 bits per heavy atom. The molecule has 3 rings (SSSR count). The number of hydrogen-bond donors (Lipinski definition) is 0. The molecule has 0 bridgehead atoms. The van der Waals surface area contributed by atoms with E-state index in [1.807, 2.05) is 0 Å². The van der Waals surface area contributed by atoms with Crippen LogP contribution in [0.5, 0.6) is 0 Å². The number of halogens is 3. The zero-order chi connectivity index (χ0) is 21.6. The Bertz CT molecular complexity index is 1030. The van der Waals surface area contributed by atoms with Gasteiger partial charge in [-0.15, -0.1) is 0 Å². The van der Waals surface area contributed by atoms with E-state index in [2.05, 4.69) is 5.10 Å². The van der Waals surface area contributed by atoms with E-state index in [-0.39, 0.29) is 29.3 Å². The first kappa shape index (κ1) is 21.5. The molecule has 0 radical (unpaired) electrons. The number of rotatable bonds is 4. The van der Waals surface area contributed by atoms with Gasteiger partial charge in [0.25, 0.3) is 0 Å². The highest BCUT2D eigenvalue weighted by atomic mass is 32.2. The van der Waals surface area contributed by atoms with Gasteiger partial charge in [0.1, 0.15) is 4.90 Å². The number of piperidine rings is 1. The molecule has 0 aliphatic carbocycles. The summed E-state index contributed by atoms with van der Waals surface area (Å²) in [5, 5.41) is 4.15. The van der Waals surface area contributed by atoms with E-state index in [0.717, 1.165) is 24.3 Å². The van der Waals surface area contributed by atoms with Crippen molar-refractivity contribution in [2.24, 2.45) is 13.0 Å². The van der Waals surface area contributed by atoms with Crippen LogP contribution in [0.3, 0.4) is 0 Å². The summed E-state index contributed by atoms with van der Waals surface area (Å²) in [6, 6.07) is 4.03. The van der Waals surface area contributed by atoms with Crippen molar-refractivity contribution in [1.82, 2.24) is 14.1 Å². The molecule has 2 heterocycles. The number of carbonyl (C=O) groups excluding carboxylic acids is 1. The van der Waals surface area contributed by atoms with Gasteiger partial charge < -0.3 is 0 Å². The Labute approximate surface area is 167 Å². The maximum atomic E-state index is 13.1. The average molecular weight is 429 g/mol. The van der Waals surface area contributed by atoms with Crippen molar-refractivity contribution in [2.75, 3.05) is 13.1 Å². The predicted molar refractivity (Wildman–Crippen MR) is 99.9 cm³/mol. The van der Waals surface area contributed by atoms with Crippen LogP contribution in [0.25, 0.3) is 0 Å². The van der Waals surface area contributed by atoms with Gasteiger partial charge in [-0.3, -0.25) is 9.48 Å². The number of hydrogen-bond acceptors (Lipinski definition) is 4. The van der Waals surface area contributed by atoms with Crippen LogP contribution in [0.15, 0.2) is 29.2 Å². The summed E-state index contributed by atoms with van der Waals surface area (Å²) in [6.45, 7) is 3.57. The molecule has 2 aromatic rings. The molecule has 1 aliphatic rings. The quantitative estimate of drug-likeness (QED) is 0.699. The lowest BCUT2D eigenvalue weighted by Gasteiger charge is -2.31. The molecule has 1 atom stereocenters. The molecule has 29 heavy (non-hydrogen) atoms. The summed E-state index contributed by atoms with van der Waals surface area (Å²) >= 11 is 0. The minimum absolute atomic E-state index is 0.00400. The van der Waals surface area contributed by atoms with Crippen LogP contribution >= 0.6 is 0 Å². The van der Waals surface area contributed by atoms with Gasteiger partial charge in [0.15, 0.2) is 5.78 Å². The Morgan fingerprint density at radius 2 is 1.79 bits per heavy atom. The van der Waals surface area contributed by atoms with Crippen LogP contribution < -0.4 is 0 Å². The number of aromatic nitrogens is 2. The third-order valence-electron chi connectivity index (χ3n) is 5.29. The van der Waals surface area contributed by atoms with Gasteiger partial charge in [-0.1, -0.05) is 12.1 Å². The van der Waals surface area contributed by atoms with E-state index in [0.29, 0.717) is 24.2 Å². The van der Waals surface area contributed by atoms with E-state index < -0.39 is 27.7 Å². The highest BCUT2D eigenvalue weighted by molar-refractivity contribution is 7.89. The molecular formula is C19H22F3N3O3S. The van der Waals surface area contributed by atoms with Crippen molar-refractivity contribution < 1.29 is 26.4 Å². The van der Waals surface area contributed by atoms with Crippen LogP contribution in [-0.2, 0) is 23.2 Å². The minimum Gasteiger partial charge on any atom is -0.294 e. The monoisotopic (exact) mass is 429 g/mol. The number of aryl methyl sites for hydroxylation is 2. The van der Waals surface area contributed by atoms with Crippen molar-refractivity contribution in [3.8, 4) is 0 Å². The normalized spacial score (nSPS) is 18.8. The summed E-state index contributed by atoms with van der Waals surface area (Å²) in [5.41, 5.74) is 0.222. The zero-order valence-corrected chi connectivity index (χ0v) is 17.1. The van der Waals surface area contributed by atoms with E-state index in [4.69, 9.17) is 0 Å². The highest BCUT2D eigenvalue weighted by Gasteiger charge is 2.37. The topological polar surface area (TPSA) is 72.3 Å². The fraction of sp³-hybridized carbons (Fsp3) is 0.474. The first-order valence-electron chi connectivity index (χ1n) is 9.14. The molecule has 0 saturated carbocycles. The molecule has 0 amide bonds.